The first kappa shape index (κ1) is 15.2. The summed E-state index contributed by atoms with van der Waals surface area (Å²) in [5.41, 5.74) is 2.16. The molecular weight excluding hydrogens is 246 g/mol. The molecule has 0 saturated carbocycles. The van der Waals surface area contributed by atoms with Gasteiger partial charge in [0, 0.05) is 6.42 Å². The van der Waals surface area contributed by atoms with E-state index in [0.717, 1.165) is 31.5 Å². The molecule has 2 heteroatoms. The van der Waals surface area contributed by atoms with Gasteiger partial charge in [0.15, 0.2) is 5.78 Å². The summed E-state index contributed by atoms with van der Waals surface area (Å²) in [4.78, 5) is 15.4. The van der Waals surface area contributed by atoms with Crippen molar-refractivity contribution in [2.75, 3.05) is 13.1 Å². The van der Waals surface area contributed by atoms with Crippen LogP contribution < -0.4 is 0 Å². The number of hydrogen-bond donors (Lipinski definition) is 0. The van der Waals surface area contributed by atoms with E-state index in [1.165, 1.54) is 18.4 Å². The molecule has 0 radical (unpaired) electrons. The van der Waals surface area contributed by atoms with E-state index >= 15 is 0 Å². The Hall–Kier alpha value is -1.15. The van der Waals surface area contributed by atoms with Crippen molar-refractivity contribution in [2.24, 2.45) is 0 Å². The van der Waals surface area contributed by atoms with Gasteiger partial charge in [-0.1, -0.05) is 43.7 Å². The average molecular weight is 273 g/mol. The van der Waals surface area contributed by atoms with E-state index in [0.29, 0.717) is 12.2 Å². The van der Waals surface area contributed by atoms with Crippen molar-refractivity contribution in [2.45, 2.75) is 58.4 Å². The number of ketones is 1. The smallest absolute Gasteiger partial charge is 0.157 e. The molecule has 2 nitrogen and oxygen atoms in total. The van der Waals surface area contributed by atoms with Crippen LogP contribution in [-0.4, -0.2) is 29.3 Å². The Morgan fingerprint density at radius 2 is 1.65 bits per heavy atom. The summed E-state index contributed by atoms with van der Waals surface area (Å²) in [6.07, 6.45) is 4.89. The van der Waals surface area contributed by atoms with E-state index in [-0.39, 0.29) is 5.54 Å². The van der Waals surface area contributed by atoms with Crippen LogP contribution in [0.2, 0.25) is 0 Å². The largest absolute Gasteiger partial charge is 0.297 e. The third kappa shape index (κ3) is 2.95. The van der Waals surface area contributed by atoms with Gasteiger partial charge in [-0.3, -0.25) is 9.69 Å². The van der Waals surface area contributed by atoms with Crippen LogP contribution in [0.4, 0.5) is 0 Å². The summed E-state index contributed by atoms with van der Waals surface area (Å²) in [7, 11) is 0. The predicted molar refractivity (Wildman–Crippen MR) is 84.0 cm³/mol. The first-order chi connectivity index (χ1) is 9.62. The zero-order chi connectivity index (χ0) is 14.6. The molecule has 1 aromatic carbocycles. The number of nitrogens with zero attached hydrogens (tertiary/aromatic N) is 1. The number of benzene rings is 1. The summed E-state index contributed by atoms with van der Waals surface area (Å²) >= 11 is 0. The average Bonchev–Trinajstić information content (AvgIpc) is 2.98. The van der Waals surface area contributed by atoms with Gasteiger partial charge in [0.05, 0.1) is 5.54 Å². The number of Topliss-reactive ketones (excluding diaryl/α,β-unsaturated/α-hetero) is 1. The molecule has 20 heavy (non-hydrogen) atoms. The molecule has 1 aromatic rings. The first-order valence-corrected chi connectivity index (χ1v) is 7.96. The molecule has 2 rings (SSSR count). The third-order valence-corrected chi connectivity index (χ3v) is 4.89. The summed E-state index contributed by atoms with van der Waals surface area (Å²) in [6.45, 7) is 8.57. The standard InChI is InChI=1S/C18H27NO/c1-4-18(5-2,19-12-6-7-13-19)17(20)14-16-10-8-15(3)9-11-16/h8-11H,4-7,12-14H2,1-3H3. The Morgan fingerprint density at radius 3 is 2.15 bits per heavy atom. The highest BCUT2D eigenvalue weighted by molar-refractivity contribution is 5.90. The fraction of sp³-hybridized carbons (Fsp3) is 0.611. The van der Waals surface area contributed by atoms with Gasteiger partial charge in [0.1, 0.15) is 0 Å². The Bertz CT molecular complexity index is 439. The van der Waals surface area contributed by atoms with Crippen LogP contribution in [0, 0.1) is 6.92 Å². The predicted octanol–water partition coefficient (Wildman–Crippen LogP) is 3.76. The van der Waals surface area contributed by atoms with Crippen LogP contribution >= 0.6 is 0 Å². The van der Waals surface area contributed by atoms with E-state index < -0.39 is 0 Å². The van der Waals surface area contributed by atoms with Crippen LogP contribution in [-0.2, 0) is 11.2 Å². The van der Waals surface area contributed by atoms with Crippen molar-refractivity contribution in [3.63, 3.8) is 0 Å². The SMILES string of the molecule is CCC(CC)(C(=O)Cc1ccc(C)cc1)N1CCCC1. The van der Waals surface area contributed by atoms with Crippen LogP contribution in [0.25, 0.3) is 0 Å². The second-order valence-corrected chi connectivity index (χ2v) is 6.02. The molecule has 0 aromatic heterocycles. The molecule has 110 valence electrons. The lowest BCUT2D eigenvalue weighted by Gasteiger charge is -2.39. The highest BCUT2D eigenvalue weighted by Crippen LogP contribution is 2.30. The number of carbonyl (C=O) groups excluding carboxylic acids is 1. The van der Waals surface area contributed by atoms with E-state index in [9.17, 15) is 4.79 Å². The van der Waals surface area contributed by atoms with Crippen LogP contribution in [0.5, 0.6) is 0 Å². The van der Waals surface area contributed by atoms with Gasteiger partial charge < -0.3 is 0 Å². The quantitative estimate of drug-likeness (QED) is 0.786. The molecule has 0 atom stereocenters. The molecule has 0 unspecified atom stereocenters. The Balaban J connectivity index is 2.16. The van der Waals surface area contributed by atoms with Gasteiger partial charge in [0.25, 0.3) is 0 Å². The molecule has 0 bridgehead atoms. The van der Waals surface area contributed by atoms with Gasteiger partial charge >= 0.3 is 0 Å². The minimum atomic E-state index is -0.235. The number of hydrogen-bond acceptors (Lipinski definition) is 2. The zero-order valence-corrected chi connectivity index (χ0v) is 13.1. The minimum absolute atomic E-state index is 0.235. The van der Waals surface area contributed by atoms with Crippen molar-refractivity contribution in [1.82, 2.24) is 4.90 Å². The van der Waals surface area contributed by atoms with Gasteiger partial charge in [-0.15, -0.1) is 0 Å². The fourth-order valence-electron chi connectivity index (χ4n) is 3.47. The second kappa shape index (κ2) is 6.53. The number of aryl methyl sites for hydroxylation is 1. The summed E-state index contributed by atoms with van der Waals surface area (Å²) < 4.78 is 0. The van der Waals surface area contributed by atoms with Crippen molar-refractivity contribution in [1.29, 1.82) is 0 Å². The van der Waals surface area contributed by atoms with E-state index in [1.807, 2.05) is 0 Å². The van der Waals surface area contributed by atoms with Crippen molar-refractivity contribution in [3.05, 3.63) is 35.4 Å². The number of likely N-dealkylation sites (tertiary alicyclic amines) is 1. The first-order valence-electron chi connectivity index (χ1n) is 7.96. The Kier molecular flexibility index (Phi) is 4.98. The lowest BCUT2D eigenvalue weighted by molar-refractivity contribution is -0.130. The molecule has 1 saturated heterocycles. The maximum Gasteiger partial charge on any atom is 0.157 e. The molecule has 0 spiro atoms. The molecule has 0 N–H and O–H groups in total. The van der Waals surface area contributed by atoms with Gasteiger partial charge in [-0.05, 0) is 51.3 Å². The third-order valence-electron chi connectivity index (χ3n) is 4.89. The van der Waals surface area contributed by atoms with Crippen molar-refractivity contribution in [3.8, 4) is 0 Å². The molecule has 1 aliphatic rings. The van der Waals surface area contributed by atoms with Gasteiger partial charge in [-0.25, -0.2) is 0 Å². The molecule has 0 aliphatic carbocycles. The lowest BCUT2D eigenvalue weighted by atomic mass is 9.83. The normalized spacial score (nSPS) is 16.6. The molecule has 0 amide bonds. The lowest BCUT2D eigenvalue weighted by Crippen LogP contribution is -2.53. The summed E-state index contributed by atoms with van der Waals surface area (Å²) in [5, 5.41) is 0. The van der Waals surface area contributed by atoms with Crippen LogP contribution in [0.3, 0.4) is 0 Å². The van der Waals surface area contributed by atoms with Crippen molar-refractivity contribution >= 4 is 5.78 Å². The highest BCUT2D eigenvalue weighted by atomic mass is 16.1. The summed E-state index contributed by atoms with van der Waals surface area (Å²) in [5.74, 6) is 0.397. The van der Waals surface area contributed by atoms with Crippen LogP contribution in [0.15, 0.2) is 24.3 Å². The zero-order valence-electron chi connectivity index (χ0n) is 13.1. The van der Waals surface area contributed by atoms with E-state index in [4.69, 9.17) is 0 Å². The van der Waals surface area contributed by atoms with E-state index in [1.54, 1.807) is 0 Å². The van der Waals surface area contributed by atoms with E-state index in [2.05, 4.69) is 49.9 Å². The monoisotopic (exact) mass is 273 g/mol. The summed E-state index contributed by atoms with van der Waals surface area (Å²) in [6, 6.07) is 8.37. The minimum Gasteiger partial charge on any atom is -0.297 e. The molecule has 1 heterocycles. The second-order valence-electron chi connectivity index (χ2n) is 6.02. The van der Waals surface area contributed by atoms with Crippen molar-refractivity contribution < 1.29 is 4.79 Å². The van der Waals surface area contributed by atoms with Gasteiger partial charge in [-0.2, -0.15) is 0 Å². The Labute approximate surface area is 123 Å². The fourth-order valence-corrected chi connectivity index (χ4v) is 3.47. The number of carbonyl (C=O) groups is 1. The maximum atomic E-state index is 12.9. The Morgan fingerprint density at radius 1 is 1.10 bits per heavy atom. The molecule has 1 fully saturated rings. The van der Waals surface area contributed by atoms with Gasteiger partial charge in [0.2, 0.25) is 0 Å². The highest BCUT2D eigenvalue weighted by Gasteiger charge is 2.41. The topological polar surface area (TPSA) is 20.3 Å². The number of rotatable bonds is 6. The molecular formula is C18H27NO. The molecule has 1 aliphatic heterocycles. The maximum absolute atomic E-state index is 12.9. The van der Waals surface area contributed by atoms with Crippen LogP contribution in [0.1, 0.15) is 50.7 Å².